The van der Waals surface area contributed by atoms with Crippen LogP contribution in [0.1, 0.15) is 24.1 Å². The Balaban J connectivity index is 2.30. The van der Waals surface area contributed by atoms with Crippen molar-refractivity contribution in [1.82, 2.24) is 15.1 Å². The normalized spacial score (nSPS) is 12.9. The van der Waals surface area contributed by atoms with E-state index in [0.29, 0.717) is 0 Å². The van der Waals surface area contributed by atoms with Gasteiger partial charge in [-0.2, -0.15) is 5.10 Å². The van der Waals surface area contributed by atoms with Gasteiger partial charge >= 0.3 is 0 Å². The number of aromatic nitrogens is 2. The number of aryl methyl sites for hydroxylation is 1. The number of halogens is 1. The average molecular weight is 347 g/mol. The SMILES string of the molecule is CCNC(c1csc(I)c1)c1cnn(C)c1. The Morgan fingerprint density at radius 1 is 1.56 bits per heavy atom. The summed E-state index contributed by atoms with van der Waals surface area (Å²) in [6, 6.07) is 2.49. The molecule has 1 unspecified atom stereocenters. The molecule has 0 saturated carbocycles. The minimum absolute atomic E-state index is 0.262. The first-order valence-corrected chi connectivity index (χ1v) is 7.12. The first-order valence-electron chi connectivity index (χ1n) is 5.16. The van der Waals surface area contributed by atoms with Crippen molar-refractivity contribution in [3.8, 4) is 0 Å². The van der Waals surface area contributed by atoms with Gasteiger partial charge in [-0.3, -0.25) is 4.68 Å². The van der Waals surface area contributed by atoms with Crippen molar-refractivity contribution in [2.24, 2.45) is 7.05 Å². The smallest absolute Gasteiger partial charge is 0.0656 e. The van der Waals surface area contributed by atoms with Gasteiger partial charge in [-0.05, 0) is 46.1 Å². The van der Waals surface area contributed by atoms with E-state index in [0.717, 1.165) is 6.54 Å². The van der Waals surface area contributed by atoms with E-state index in [1.165, 1.54) is 14.0 Å². The Kier molecular flexibility index (Phi) is 3.99. The molecule has 5 heteroatoms. The average Bonchev–Trinajstić information content (AvgIpc) is 2.84. The molecule has 1 N–H and O–H groups in total. The molecule has 0 bridgehead atoms. The number of hydrogen-bond donors (Lipinski definition) is 1. The number of hydrogen-bond acceptors (Lipinski definition) is 3. The van der Waals surface area contributed by atoms with Crippen LogP contribution in [0.25, 0.3) is 0 Å². The first-order chi connectivity index (χ1) is 7.70. The van der Waals surface area contributed by atoms with E-state index >= 15 is 0 Å². The Morgan fingerprint density at radius 2 is 2.38 bits per heavy atom. The van der Waals surface area contributed by atoms with Crippen LogP contribution in [0, 0.1) is 2.88 Å². The van der Waals surface area contributed by atoms with Gasteiger partial charge in [0.25, 0.3) is 0 Å². The fourth-order valence-corrected chi connectivity index (χ4v) is 3.09. The molecule has 0 spiro atoms. The lowest BCUT2D eigenvalue weighted by Gasteiger charge is -2.14. The first kappa shape index (κ1) is 12.1. The van der Waals surface area contributed by atoms with Crippen molar-refractivity contribution in [2.45, 2.75) is 13.0 Å². The predicted octanol–water partition coefficient (Wildman–Crippen LogP) is 2.79. The maximum Gasteiger partial charge on any atom is 0.0656 e. The van der Waals surface area contributed by atoms with Gasteiger partial charge in [0, 0.05) is 18.8 Å². The Bertz CT molecular complexity index is 423. The highest BCUT2D eigenvalue weighted by Gasteiger charge is 2.15. The summed E-state index contributed by atoms with van der Waals surface area (Å²) in [4.78, 5) is 0. The highest BCUT2D eigenvalue weighted by atomic mass is 127. The van der Waals surface area contributed by atoms with Crippen LogP contribution < -0.4 is 5.32 Å². The van der Waals surface area contributed by atoms with E-state index < -0.39 is 0 Å². The molecule has 0 aliphatic heterocycles. The van der Waals surface area contributed by atoms with Crippen LogP contribution in [-0.4, -0.2) is 16.3 Å². The molecule has 1 atom stereocenters. The van der Waals surface area contributed by atoms with Gasteiger partial charge in [0.05, 0.1) is 15.1 Å². The van der Waals surface area contributed by atoms with Gasteiger partial charge in [-0.25, -0.2) is 0 Å². The summed E-state index contributed by atoms with van der Waals surface area (Å²) in [6.45, 7) is 3.08. The third-order valence-electron chi connectivity index (χ3n) is 2.39. The van der Waals surface area contributed by atoms with Gasteiger partial charge in [-0.1, -0.05) is 6.92 Å². The molecule has 2 aromatic rings. The molecular formula is C11H14IN3S. The Labute approximate surface area is 113 Å². The molecule has 2 rings (SSSR count). The molecule has 0 amide bonds. The van der Waals surface area contributed by atoms with Crippen LogP contribution in [-0.2, 0) is 7.05 Å². The van der Waals surface area contributed by atoms with Gasteiger partial charge in [-0.15, -0.1) is 11.3 Å². The summed E-state index contributed by atoms with van der Waals surface area (Å²) in [6.07, 6.45) is 4.00. The molecular weight excluding hydrogens is 333 g/mol. The van der Waals surface area contributed by atoms with Crippen LogP contribution in [0.3, 0.4) is 0 Å². The van der Waals surface area contributed by atoms with Crippen molar-refractivity contribution in [3.05, 3.63) is 37.9 Å². The maximum absolute atomic E-state index is 4.23. The van der Waals surface area contributed by atoms with E-state index in [-0.39, 0.29) is 6.04 Å². The number of rotatable bonds is 4. The van der Waals surface area contributed by atoms with Crippen LogP contribution in [0.5, 0.6) is 0 Å². The Hall–Kier alpha value is -0.400. The largest absolute Gasteiger partial charge is 0.306 e. The molecule has 0 aliphatic carbocycles. The zero-order valence-corrected chi connectivity index (χ0v) is 12.2. The molecule has 0 fully saturated rings. The molecule has 3 nitrogen and oxygen atoms in total. The molecule has 0 radical (unpaired) electrons. The summed E-state index contributed by atoms with van der Waals surface area (Å²) in [5.74, 6) is 0. The lowest BCUT2D eigenvalue weighted by atomic mass is 10.1. The maximum atomic E-state index is 4.23. The van der Waals surface area contributed by atoms with E-state index in [4.69, 9.17) is 0 Å². The van der Waals surface area contributed by atoms with E-state index in [9.17, 15) is 0 Å². The molecule has 0 aromatic carbocycles. The lowest BCUT2D eigenvalue weighted by Crippen LogP contribution is -2.21. The topological polar surface area (TPSA) is 29.9 Å². The van der Waals surface area contributed by atoms with Crippen molar-refractivity contribution in [3.63, 3.8) is 0 Å². The van der Waals surface area contributed by atoms with Crippen LogP contribution >= 0.6 is 33.9 Å². The Morgan fingerprint density at radius 3 is 2.88 bits per heavy atom. The van der Waals surface area contributed by atoms with Gasteiger partial charge in [0.15, 0.2) is 0 Å². The minimum atomic E-state index is 0.262. The number of nitrogens with zero attached hydrogens (tertiary/aromatic N) is 2. The third kappa shape index (κ3) is 2.64. The monoisotopic (exact) mass is 347 g/mol. The van der Waals surface area contributed by atoms with Gasteiger partial charge < -0.3 is 5.32 Å². The molecule has 0 saturated heterocycles. The zero-order valence-electron chi connectivity index (χ0n) is 9.27. The third-order valence-corrected chi connectivity index (χ3v) is 4.19. The summed E-state index contributed by atoms with van der Waals surface area (Å²) < 4.78 is 3.16. The van der Waals surface area contributed by atoms with Gasteiger partial charge in [0.1, 0.15) is 0 Å². The van der Waals surface area contributed by atoms with Crippen molar-refractivity contribution in [2.75, 3.05) is 6.54 Å². The second-order valence-corrected chi connectivity index (χ2v) is 6.43. The van der Waals surface area contributed by atoms with Crippen LogP contribution in [0.15, 0.2) is 23.8 Å². The molecule has 2 aromatic heterocycles. The summed E-state index contributed by atoms with van der Waals surface area (Å²) in [5, 5.41) is 9.93. The summed E-state index contributed by atoms with van der Waals surface area (Å²) >= 11 is 4.14. The van der Waals surface area contributed by atoms with Gasteiger partial charge in [0.2, 0.25) is 0 Å². The van der Waals surface area contributed by atoms with Crippen LogP contribution in [0.2, 0.25) is 0 Å². The second-order valence-electron chi connectivity index (χ2n) is 3.62. The molecule has 2 heterocycles. The highest BCUT2D eigenvalue weighted by Crippen LogP contribution is 2.26. The predicted molar refractivity (Wildman–Crippen MR) is 75.8 cm³/mol. The fourth-order valence-electron chi connectivity index (χ4n) is 1.70. The summed E-state index contributed by atoms with van der Waals surface area (Å²) in [5.41, 5.74) is 2.54. The highest BCUT2D eigenvalue weighted by molar-refractivity contribution is 14.1. The lowest BCUT2D eigenvalue weighted by molar-refractivity contribution is 0.631. The zero-order chi connectivity index (χ0) is 11.5. The van der Waals surface area contributed by atoms with E-state index in [1.807, 2.05) is 17.9 Å². The minimum Gasteiger partial charge on any atom is -0.306 e. The van der Waals surface area contributed by atoms with E-state index in [1.54, 1.807) is 11.3 Å². The molecule has 86 valence electrons. The fraction of sp³-hybridized carbons (Fsp3) is 0.364. The van der Waals surface area contributed by atoms with Crippen molar-refractivity contribution < 1.29 is 0 Å². The molecule has 0 aliphatic rings. The number of nitrogens with one attached hydrogen (secondary N) is 1. The summed E-state index contributed by atoms with van der Waals surface area (Å²) in [7, 11) is 1.95. The molecule has 16 heavy (non-hydrogen) atoms. The van der Waals surface area contributed by atoms with E-state index in [2.05, 4.69) is 57.6 Å². The standard InChI is InChI=1S/C11H14IN3S/c1-3-13-11(8-4-10(12)16-7-8)9-5-14-15(2)6-9/h4-7,11,13H,3H2,1-2H3. The van der Waals surface area contributed by atoms with Crippen molar-refractivity contribution in [1.29, 1.82) is 0 Å². The number of thiophene rings is 1. The quantitative estimate of drug-likeness (QED) is 0.862. The second kappa shape index (κ2) is 5.29. The van der Waals surface area contributed by atoms with Crippen LogP contribution in [0.4, 0.5) is 0 Å². The van der Waals surface area contributed by atoms with Crippen molar-refractivity contribution >= 4 is 33.9 Å².